The average Bonchev–Trinajstić information content (AvgIpc) is 2.26. The number of aliphatic hydroxyl groups is 1. The Kier molecular flexibility index (Phi) is 4.68. The monoisotopic (exact) mass is 215 g/mol. The molecule has 0 saturated carbocycles. The van der Waals surface area contributed by atoms with Crippen LogP contribution >= 0.6 is 0 Å². The van der Waals surface area contributed by atoms with E-state index in [2.05, 4.69) is 5.16 Å². The van der Waals surface area contributed by atoms with E-state index in [0.717, 1.165) is 38.8 Å². The largest absolute Gasteiger partial charge is 0.408 e. The number of hydrogen-bond acceptors (Lipinski definition) is 3. The second kappa shape index (κ2) is 5.80. The number of rotatable bonds is 3. The van der Waals surface area contributed by atoms with Crippen LogP contribution in [0, 0.1) is 5.92 Å². The highest BCUT2D eigenvalue weighted by molar-refractivity contribution is 5.77. The number of aliphatic hydroxyl groups excluding tert-OH is 1. The SMILES string of the molecule is CC(O)CCC1CCN(C(N)=NO)CC1. The van der Waals surface area contributed by atoms with Crippen molar-refractivity contribution in [3.05, 3.63) is 0 Å². The molecule has 5 nitrogen and oxygen atoms in total. The lowest BCUT2D eigenvalue weighted by Crippen LogP contribution is -2.42. The first kappa shape index (κ1) is 12.1. The molecule has 15 heavy (non-hydrogen) atoms. The Bertz CT molecular complexity index is 211. The van der Waals surface area contributed by atoms with Crippen molar-refractivity contribution in [3.63, 3.8) is 0 Å². The van der Waals surface area contributed by atoms with E-state index in [1.807, 2.05) is 11.8 Å². The summed E-state index contributed by atoms with van der Waals surface area (Å²) in [5, 5.41) is 20.7. The summed E-state index contributed by atoms with van der Waals surface area (Å²) in [7, 11) is 0. The fourth-order valence-electron chi connectivity index (χ4n) is 1.99. The third kappa shape index (κ3) is 3.95. The highest BCUT2D eigenvalue weighted by Crippen LogP contribution is 2.22. The van der Waals surface area contributed by atoms with Gasteiger partial charge in [-0.05, 0) is 38.5 Å². The van der Waals surface area contributed by atoms with E-state index in [4.69, 9.17) is 10.9 Å². The molecule has 0 radical (unpaired) electrons. The molecule has 0 spiro atoms. The molecule has 0 amide bonds. The number of nitrogens with two attached hydrogens (primary N) is 1. The van der Waals surface area contributed by atoms with E-state index >= 15 is 0 Å². The maximum absolute atomic E-state index is 9.18. The van der Waals surface area contributed by atoms with Gasteiger partial charge in [-0.1, -0.05) is 5.16 Å². The first-order valence-corrected chi connectivity index (χ1v) is 5.54. The molecular weight excluding hydrogens is 194 g/mol. The normalized spacial score (nSPS) is 21.7. The molecular formula is C10H21N3O2. The molecule has 0 aromatic carbocycles. The van der Waals surface area contributed by atoms with Gasteiger partial charge in [-0.25, -0.2) is 0 Å². The van der Waals surface area contributed by atoms with Gasteiger partial charge in [-0.15, -0.1) is 0 Å². The van der Waals surface area contributed by atoms with Crippen LogP contribution in [-0.2, 0) is 0 Å². The van der Waals surface area contributed by atoms with E-state index in [1.54, 1.807) is 0 Å². The summed E-state index contributed by atoms with van der Waals surface area (Å²) in [6, 6.07) is 0. The minimum atomic E-state index is -0.202. The number of hydrogen-bond donors (Lipinski definition) is 3. The van der Waals surface area contributed by atoms with Crippen LogP contribution in [0.4, 0.5) is 0 Å². The van der Waals surface area contributed by atoms with Crippen molar-refractivity contribution in [1.29, 1.82) is 0 Å². The zero-order chi connectivity index (χ0) is 11.3. The number of oxime groups is 1. The Balaban J connectivity index is 2.24. The van der Waals surface area contributed by atoms with Crippen LogP contribution in [0.15, 0.2) is 5.16 Å². The first-order valence-electron chi connectivity index (χ1n) is 5.54. The fraction of sp³-hybridized carbons (Fsp3) is 0.900. The summed E-state index contributed by atoms with van der Waals surface area (Å²) < 4.78 is 0. The lowest BCUT2D eigenvalue weighted by Gasteiger charge is -2.32. The molecule has 4 N–H and O–H groups in total. The second-order valence-electron chi connectivity index (χ2n) is 4.31. The Morgan fingerprint density at radius 1 is 1.53 bits per heavy atom. The van der Waals surface area contributed by atoms with Crippen LogP contribution in [-0.4, -0.2) is 40.4 Å². The van der Waals surface area contributed by atoms with E-state index in [-0.39, 0.29) is 12.1 Å². The number of piperidine rings is 1. The van der Waals surface area contributed by atoms with Crippen molar-refractivity contribution < 1.29 is 10.3 Å². The molecule has 1 aliphatic rings. The lowest BCUT2D eigenvalue weighted by molar-refractivity contribution is 0.160. The summed E-state index contributed by atoms with van der Waals surface area (Å²) >= 11 is 0. The summed E-state index contributed by atoms with van der Waals surface area (Å²) in [5.41, 5.74) is 5.50. The van der Waals surface area contributed by atoms with Gasteiger partial charge < -0.3 is 20.9 Å². The molecule has 0 aliphatic carbocycles. The summed E-state index contributed by atoms with van der Waals surface area (Å²) in [6.45, 7) is 3.52. The third-order valence-electron chi connectivity index (χ3n) is 3.03. The first-order chi connectivity index (χ1) is 7.13. The molecule has 0 bridgehead atoms. The quantitative estimate of drug-likeness (QED) is 0.278. The molecule has 1 saturated heterocycles. The van der Waals surface area contributed by atoms with Crippen molar-refractivity contribution in [1.82, 2.24) is 4.90 Å². The average molecular weight is 215 g/mol. The fourth-order valence-corrected chi connectivity index (χ4v) is 1.99. The highest BCUT2D eigenvalue weighted by atomic mass is 16.4. The van der Waals surface area contributed by atoms with Crippen molar-refractivity contribution >= 4 is 5.96 Å². The highest BCUT2D eigenvalue weighted by Gasteiger charge is 2.20. The van der Waals surface area contributed by atoms with E-state index in [1.165, 1.54) is 0 Å². The van der Waals surface area contributed by atoms with Gasteiger partial charge in [0.2, 0.25) is 5.96 Å². The van der Waals surface area contributed by atoms with Gasteiger partial charge in [0.05, 0.1) is 6.10 Å². The van der Waals surface area contributed by atoms with Gasteiger partial charge in [0.1, 0.15) is 0 Å². The number of likely N-dealkylation sites (tertiary alicyclic amines) is 1. The van der Waals surface area contributed by atoms with E-state index in [9.17, 15) is 5.11 Å². The topological polar surface area (TPSA) is 82.1 Å². The predicted molar refractivity (Wildman–Crippen MR) is 58.6 cm³/mol. The van der Waals surface area contributed by atoms with Crippen LogP contribution in [0.1, 0.15) is 32.6 Å². The molecule has 5 heteroatoms. The van der Waals surface area contributed by atoms with Gasteiger partial charge in [-0.3, -0.25) is 0 Å². The molecule has 0 aromatic heterocycles. The van der Waals surface area contributed by atoms with Crippen molar-refractivity contribution in [2.75, 3.05) is 13.1 Å². The maximum Gasteiger partial charge on any atom is 0.233 e. The minimum Gasteiger partial charge on any atom is -0.408 e. The second-order valence-corrected chi connectivity index (χ2v) is 4.31. The van der Waals surface area contributed by atoms with E-state index < -0.39 is 0 Å². The standard InChI is InChI=1S/C10H21N3O2/c1-8(14)2-3-9-4-6-13(7-5-9)10(11)12-15/h8-9,14-15H,2-7H2,1H3,(H2,11,12). The zero-order valence-electron chi connectivity index (χ0n) is 9.26. The Morgan fingerprint density at radius 3 is 2.60 bits per heavy atom. The van der Waals surface area contributed by atoms with Crippen LogP contribution in [0.25, 0.3) is 0 Å². The smallest absolute Gasteiger partial charge is 0.233 e. The van der Waals surface area contributed by atoms with Gasteiger partial charge in [-0.2, -0.15) is 0 Å². The van der Waals surface area contributed by atoms with Gasteiger partial charge >= 0.3 is 0 Å². The molecule has 1 heterocycles. The third-order valence-corrected chi connectivity index (χ3v) is 3.03. The summed E-state index contributed by atoms with van der Waals surface area (Å²) in [4.78, 5) is 1.89. The molecule has 0 aromatic rings. The van der Waals surface area contributed by atoms with Gasteiger partial charge in [0.25, 0.3) is 0 Å². The molecule has 1 fully saturated rings. The predicted octanol–water partition coefficient (Wildman–Crippen LogP) is 0.563. The van der Waals surface area contributed by atoms with Gasteiger partial charge in [0.15, 0.2) is 0 Å². The molecule has 1 rings (SSSR count). The minimum absolute atomic E-state index is 0.202. The summed E-state index contributed by atoms with van der Waals surface area (Å²) in [5.74, 6) is 0.881. The van der Waals surface area contributed by atoms with Crippen LogP contribution in [0.5, 0.6) is 0 Å². The summed E-state index contributed by atoms with van der Waals surface area (Å²) in [6.07, 6.45) is 3.86. The van der Waals surface area contributed by atoms with Crippen LogP contribution < -0.4 is 5.73 Å². The Morgan fingerprint density at radius 2 is 2.13 bits per heavy atom. The zero-order valence-corrected chi connectivity index (χ0v) is 9.26. The molecule has 1 aliphatic heterocycles. The Hall–Kier alpha value is -0.970. The Labute approximate surface area is 90.6 Å². The van der Waals surface area contributed by atoms with Crippen LogP contribution in [0.3, 0.4) is 0 Å². The maximum atomic E-state index is 9.18. The number of nitrogens with zero attached hydrogens (tertiary/aromatic N) is 2. The van der Waals surface area contributed by atoms with Crippen molar-refractivity contribution in [2.24, 2.45) is 16.8 Å². The molecule has 88 valence electrons. The lowest BCUT2D eigenvalue weighted by atomic mass is 9.91. The van der Waals surface area contributed by atoms with Crippen molar-refractivity contribution in [3.8, 4) is 0 Å². The molecule has 1 unspecified atom stereocenters. The number of guanidine groups is 1. The van der Waals surface area contributed by atoms with Crippen LogP contribution in [0.2, 0.25) is 0 Å². The van der Waals surface area contributed by atoms with E-state index in [0.29, 0.717) is 5.92 Å². The van der Waals surface area contributed by atoms with Gasteiger partial charge in [0, 0.05) is 13.1 Å². The van der Waals surface area contributed by atoms with Crippen molar-refractivity contribution in [2.45, 2.75) is 38.7 Å². The molecule has 1 atom stereocenters.